The molecule has 0 radical (unpaired) electrons. The molecule has 0 spiro atoms. The molecule has 2 rings (SSSR count). The maximum absolute atomic E-state index is 11.8. The minimum absolute atomic E-state index is 0.0350. The van der Waals surface area contributed by atoms with E-state index in [0.717, 1.165) is 21.8 Å². The Labute approximate surface area is 117 Å². The molecule has 4 nitrogen and oxygen atoms in total. The fraction of sp³-hybridized carbons (Fsp3) is 0.357. The van der Waals surface area contributed by atoms with Gasteiger partial charge in [-0.3, -0.25) is 4.79 Å². The highest BCUT2D eigenvalue weighted by Crippen LogP contribution is 2.28. The van der Waals surface area contributed by atoms with Crippen molar-refractivity contribution in [3.05, 3.63) is 30.1 Å². The van der Waals surface area contributed by atoms with Crippen LogP contribution in [0, 0.1) is 6.92 Å². The first-order chi connectivity index (χ1) is 9.11. The van der Waals surface area contributed by atoms with Gasteiger partial charge >= 0.3 is 0 Å². The highest BCUT2D eigenvalue weighted by atomic mass is 32.2. The average Bonchev–Trinajstić information content (AvgIpc) is 2.38. The number of benzene rings is 1. The topological polar surface area (TPSA) is 54.9 Å². The zero-order valence-corrected chi connectivity index (χ0v) is 12.1. The number of nitrogens with zero attached hydrogens (tertiary/aromatic N) is 2. The fourth-order valence-corrected chi connectivity index (χ4v) is 2.80. The van der Waals surface area contributed by atoms with Crippen LogP contribution in [0.25, 0.3) is 10.9 Å². The Kier molecular flexibility index (Phi) is 4.37. The summed E-state index contributed by atoms with van der Waals surface area (Å²) in [6, 6.07) is 7.87. The minimum atomic E-state index is -0.169. The van der Waals surface area contributed by atoms with E-state index in [9.17, 15) is 4.79 Å². The molecule has 1 aromatic heterocycles. The van der Waals surface area contributed by atoms with E-state index in [4.69, 9.17) is 0 Å². The molecule has 19 heavy (non-hydrogen) atoms. The smallest absolute Gasteiger partial charge is 0.233 e. The van der Waals surface area contributed by atoms with Gasteiger partial charge in [0.25, 0.3) is 0 Å². The molecule has 0 aliphatic rings. The summed E-state index contributed by atoms with van der Waals surface area (Å²) < 4.78 is 0. The molecule has 2 aromatic rings. The van der Waals surface area contributed by atoms with Gasteiger partial charge in [-0.2, -0.15) is 0 Å². The Hall–Kier alpha value is -1.62. The van der Waals surface area contributed by atoms with Crippen LogP contribution in [-0.4, -0.2) is 27.7 Å². The third-order valence-corrected chi connectivity index (χ3v) is 3.79. The molecule has 0 aliphatic carbocycles. The van der Waals surface area contributed by atoms with E-state index in [2.05, 4.69) is 15.3 Å². The van der Waals surface area contributed by atoms with Gasteiger partial charge in [-0.25, -0.2) is 9.97 Å². The number of hydrogen-bond donors (Lipinski definition) is 1. The lowest BCUT2D eigenvalue weighted by Crippen LogP contribution is -2.30. The summed E-state index contributed by atoms with van der Waals surface area (Å²) in [4.78, 5) is 20.6. The van der Waals surface area contributed by atoms with E-state index < -0.39 is 0 Å². The first kappa shape index (κ1) is 13.8. The van der Waals surface area contributed by atoms with Gasteiger partial charge in [0, 0.05) is 11.9 Å². The second-order valence-corrected chi connectivity index (χ2v) is 5.58. The maximum atomic E-state index is 11.8. The second-order valence-electron chi connectivity index (χ2n) is 4.25. The number of para-hydroxylation sites is 1. The molecular formula is C14H17N3OS. The summed E-state index contributed by atoms with van der Waals surface area (Å²) >= 11 is 1.47. The standard InChI is InChI=1S/C14H17N3OS/c1-4-15-13(18)9(2)19-14-11-7-5-6-8-12(11)16-10(3)17-14/h5-9H,4H2,1-3H3,(H,15,18)/t9-/m0/s1. The van der Waals surface area contributed by atoms with Gasteiger partial charge in [0.05, 0.1) is 10.8 Å². The highest BCUT2D eigenvalue weighted by Gasteiger charge is 2.16. The molecule has 1 amide bonds. The lowest BCUT2D eigenvalue weighted by molar-refractivity contribution is -0.120. The summed E-state index contributed by atoms with van der Waals surface area (Å²) in [6.45, 7) is 6.32. The van der Waals surface area contributed by atoms with Crippen molar-refractivity contribution in [2.24, 2.45) is 0 Å². The van der Waals surface area contributed by atoms with Crippen molar-refractivity contribution in [2.75, 3.05) is 6.54 Å². The Morgan fingerprint density at radius 2 is 2.11 bits per heavy atom. The van der Waals surface area contributed by atoms with Crippen LogP contribution in [0.3, 0.4) is 0 Å². The van der Waals surface area contributed by atoms with Crippen LogP contribution in [-0.2, 0) is 4.79 Å². The molecule has 5 heteroatoms. The third-order valence-electron chi connectivity index (χ3n) is 2.69. The number of aryl methyl sites for hydroxylation is 1. The van der Waals surface area contributed by atoms with E-state index in [1.807, 2.05) is 45.0 Å². The zero-order valence-electron chi connectivity index (χ0n) is 11.3. The molecule has 100 valence electrons. The molecule has 1 N–H and O–H groups in total. The Morgan fingerprint density at radius 1 is 1.37 bits per heavy atom. The van der Waals surface area contributed by atoms with Crippen molar-refractivity contribution in [1.29, 1.82) is 0 Å². The number of hydrogen-bond acceptors (Lipinski definition) is 4. The van der Waals surface area contributed by atoms with Gasteiger partial charge in [0.1, 0.15) is 10.9 Å². The first-order valence-electron chi connectivity index (χ1n) is 6.29. The predicted molar refractivity (Wildman–Crippen MR) is 78.3 cm³/mol. The summed E-state index contributed by atoms with van der Waals surface area (Å²) in [5, 5.41) is 4.51. The second kappa shape index (κ2) is 6.02. The van der Waals surface area contributed by atoms with Crippen molar-refractivity contribution in [2.45, 2.75) is 31.0 Å². The molecular weight excluding hydrogens is 258 g/mol. The van der Waals surface area contributed by atoms with E-state index in [1.165, 1.54) is 11.8 Å². The summed E-state index contributed by atoms with van der Waals surface area (Å²) in [6.07, 6.45) is 0. The number of fused-ring (bicyclic) bond motifs is 1. The van der Waals surface area contributed by atoms with Crippen LogP contribution in [0.4, 0.5) is 0 Å². The van der Waals surface area contributed by atoms with Crippen LogP contribution < -0.4 is 5.32 Å². The lowest BCUT2D eigenvalue weighted by atomic mass is 10.2. The average molecular weight is 275 g/mol. The molecule has 0 saturated carbocycles. The summed E-state index contributed by atoms with van der Waals surface area (Å²) in [5.74, 6) is 0.761. The number of carbonyl (C=O) groups is 1. The molecule has 0 unspecified atom stereocenters. The monoisotopic (exact) mass is 275 g/mol. The van der Waals surface area contributed by atoms with Crippen molar-refractivity contribution >= 4 is 28.6 Å². The SMILES string of the molecule is CCNC(=O)[C@H](C)Sc1nc(C)nc2ccccc12. The number of rotatable bonds is 4. The molecule has 1 heterocycles. The van der Waals surface area contributed by atoms with Crippen molar-refractivity contribution < 1.29 is 4.79 Å². The maximum Gasteiger partial charge on any atom is 0.233 e. The third kappa shape index (κ3) is 3.23. The van der Waals surface area contributed by atoms with Gasteiger partial charge in [-0.05, 0) is 26.8 Å². The van der Waals surface area contributed by atoms with Crippen molar-refractivity contribution in [1.82, 2.24) is 15.3 Å². The highest BCUT2D eigenvalue weighted by molar-refractivity contribution is 8.00. The Bertz CT molecular complexity index is 600. The normalized spacial score (nSPS) is 12.4. The molecule has 0 aliphatic heterocycles. The lowest BCUT2D eigenvalue weighted by Gasteiger charge is -2.12. The predicted octanol–water partition coefficient (Wildman–Crippen LogP) is 2.55. The van der Waals surface area contributed by atoms with E-state index >= 15 is 0 Å². The molecule has 0 fully saturated rings. The molecule has 0 bridgehead atoms. The fourth-order valence-electron chi connectivity index (χ4n) is 1.79. The van der Waals surface area contributed by atoms with E-state index in [0.29, 0.717) is 6.54 Å². The van der Waals surface area contributed by atoms with E-state index in [1.54, 1.807) is 0 Å². The van der Waals surface area contributed by atoms with Crippen LogP contribution in [0.5, 0.6) is 0 Å². The molecule has 1 atom stereocenters. The van der Waals surface area contributed by atoms with Crippen LogP contribution >= 0.6 is 11.8 Å². The summed E-state index contributed by atoms with van der Waals surface area (Å²) in [5.41, 5.74) is 0.917. The number of aromatic nitrogens is 2. The number of amides is 1. The van der Waals surface area contributed by atoms with Crippen molar-refractivity contribution in [3.8, 4) is 0 Å². The zero-order chi connectivity index (χ0) is 13.8. The van der Waals surface area contributed by atoms with Gasteiger partial charge in [-0.15, -0.1) is 0 Å². The number of carbonyl (C=O) groups excluding carboxylic acids is 1. The van der Waals surface area contributed by atoms with E-state index in [-0.39, 0.29) is 11.2 Å². The summed E-state index contributed by atoms with van der Waals surface area (Å²) in [7, 11) is 0. The van der Waals surface area contributed by atoms with Crippen molar-refractivity contribution in [3.63, 3.8) is 0 Å². The molecule has 0 saturated heterocycles. The van der Waals surface area contributed by atoms with Gasteiger partial charge in [0.2, 0.25) is 5.91 Å². The minimum Gasteiger partial charge on any atom is -0.355 e. The van der Waals surface area contributed by atoms with Gasteiger partial charge < -0.3 is 5.32 Å². The first-order valence-corrected chi connectivity index (χ1v) is 7.17. The largest absolute Gasteiger partial charge is 0.355 e. The van der Waals surface area contributed by atoms with Crippen LogP contribution in [0.15, 0.2) is 29.3 Å². The number of nitrogens with one attached hydrogen (secondary N) is 1. The Morgan fingerprint density at radius 3 is 2.84 bits per heavy atom. The molecule has 1 aromatic carbocycles. The Balaban J connectivity index is 2.32. The quantitative estimate of drug-likeness (QED) is 0.688. The van der Waals surface area contributed by atoms with Gasteiger partial charge in [0.15, 0.2) is 0 Å². The van der Waals surface area contributed by atoms with Gasteiger partial charge in [-0.1, -0.05) is 30.0 Å². The van der Waals surface area contributed by atoms with Crippen LogP contribution in [0.1, 0.15) is 19.7 Å². The van der Waals surface area contributed by atoms with Crippen LogP contribution in [0.2, 0.25) is 0 Å². The number of thioether (sulfide) groups is 1.